The van der Waals surface area contributed by atoms with E-state index >= 15 is 0 Å². The minimum absolute atomic E-state index is 0.265. The highest BCUT2D eigenvalue weighted by Crippen LogP contribution is 2.29. The van der Waals surface area contributed by atoms with Crippen LogP contribution in [0, 0.1) is 6.92 Å². The van der Waals surface area contributed by atoms with Gasteiger partial charge in [0.15, 0.2) is 4.34 Å². The first-order valence-corrected chi connectivity index (χ1v) is 12.3. The van der Waals surface area contributed by atoms with Crippen LogP contribution >= 0.6 is 34.7 Å². The van der Waals surface area contributed by atoms with Crippen LogP contribution in [0.2, 0.25) is 5.02 Å². The van der Waals surface area contributed by atoms with Crippen molar-refractivity contribution < 1.29 is 13.2 Å². The Balaban J connectivity index is 2.29. The number of hydrogen-bond donors (Lipinski definition) is 1. The highest BCUT2D eigenvalue weighted by molar-refractivity contribution is 8.01. The van der Waals surface area contributed by atoms with Crippen molar-refractivity contribution >= 4 is 61.4 Å². The van der Waals surface area contributed by atoms with Crippen LogP contribution in [0.4, 0.5) is 10.8 Å². The normalized spacial score (nSPS) is 12.4. The molecule has 0 aliphatic rings. The van der Waals surface area contributed by atoms with Gasteiger partial charge in [0.1, 0.15) is 6.04 Å². The molecule has 7 nitrogen and oxygen atoms in total. The number of rotatable bonds is 9. The first kappa shape index (κ1) is 22.7. The summed E-state index contributed by atoms with van der Waals surface area (Å²) < 4.78 is 26.7. The number of amides is 1. The molecule has 0 spiro atoms. The van der Waals surface area contributed by atoms with E-state index < -0.39 is 22.0 Å². The summed E-state index contributed by atoms with van der Waals surface area (Å²) in [5.74, 6) is 0.192. The molecule has 1 N–H and O–H groups in total. The van der Waals surface area contributed by atoms with Crippen molar-refractivity contribution in [3.05, 3.63) is 41.4 Å². The summed E-state index contributed by atoms with van der Waals surface area (Å²) in [7, 11) is -3.74. The molecule has 2 rings (SSSR count). The number of carbonyl (C=O) groups excluding carboxylic acids is 1. The number of aromatic nitrogens is 2. The quantitative estimate of drug-likeness (QED) is 0.346. The van der Waals surface area contributed by atoms with E-state index in [0.29, 0.717) is 25.9 Å². The number of thioether (sulfide) groups is 1. The van der Waals surface area contributed by atoms with E-state index in [9.17, 15) is 13.2 Å². The van der Waals surface area contributed by atoms with Crippen LogP contribution in [0.5, 0.6) is 0 Å². The molecule has 1 heterocycles. The second-order valence-corrected chi connectivity index (χ2v) is 10.4. The lowest BCUT2D eigenvalue weighted by atomic mass is 10.1. The number of benzene rings is 1. The zero-order chi connectivity index (χ0) is 20.9. The lowest BCUT2D eigenvalue weighted by Crippen LogP contribution is -2.47. The Morgan fingerprint density at radius 2 is 2.18 bits per heavy atom. The number of anilines is 2. The summed E-state index contributed by atoms with van der Waals surface area (Å²) in [4.78, 5) is 12.8. The predicted octanol–water partition coefficient (Wildman–Crippen LogP) is 3.96. The van der Waals surface area contributed by atoms with E-state index in [-0.39, 0.29) is 6.42 Å². The molecule has 0 radical (unpaired) electrons. The molecule has 0 fully saturated rings. The van der Waals surface area contributed by atoms with Gasteiger partial charge in [0, 0.05) is 10.8 Å². The van der Waals surface area contributed by atoms with Crippen LogP contribution in [0.15, 0.2) is 35.2 Å². The fraction of sp³-hybridized carbons (Fsp3) is 0.353. The van der Waals surface area contributed by atoms with Crippen molar-refractivity contribution in [1.82, 2.24) is 10.2 Å². The predicted molar refractivity (Wildman–Crippen MR) is 117 cm³/mol. The van der Waals surface area contributed by atoms with Gasteiger partial charge in [-0.2, -0.15) is 0 Å². The fourth-order valence-corrected chi connectivity index (χ4v) is 5.31. The molecule has 0 bridgehead atoms. The summed E-state index contributed by atoms with van der Waals surface area (Å²) in [6, 6.07) is 3.94. The average Bonchev–Trinajstić information content (AvgIpc) is 3.06. The van der Waals surface area contributed by atoms with Gasteiger partial charge < -0.3 is 0 Å². The van der Waals surface area contributed by atoms with Crippen LogP contribution in [0.1, 0.15) is 18.9 Å². The van der Waals surface area contributed by atoms with Gasteiger partial charge in [0.2, 0.25) is 21.1 Å². The molecule has 1 atom stereocenters. The van der Waals surface area contributed by atoms with Gasteiger partial charge >= 0.3 is 0 Å². The summed E-state index contributed by atoms with van der Waals surface area (Å²) >= 11 is 8.83. The number of aryl methyl sites for hydroxylation is 1. The van der Waals surface area contributed by atoms with Gasteiger partial charge in [-0.05, 0) is 31.0 Å². The first-order chi connectivity index (χ1) is 13.2. The van der Waals surface area contributed by atoms with Crippen LogP contribution in [0.3, 0.4) is 0 Å². The van der Waals surface area contributed by atoms with Gasteiger partial charge in [-0.3, -0.25) is 14.4 Å². The van der Waals surface area contributed by atoms with E-state index in [2.05, 4.69) is 22.1 Å². The number of sulfonamides is 1. The molecule has 0 aliphatic carbocycles. The monoisotopic (exact) mass is 460 g/mol. The summed E-state index contributed by atoms with van der Waals surface area (Å²) in [5.41, 5.74) is 1.15. The SMILES string of the molecule is C=CCSc1nnc(NC(=O)C(CC)N(c2ccc(C)c(Cl)c2)S(C)(=O)=O)s1. The standard InChI is InChI=1S/C17H21ClN4O3S3/c1-5-9-26-17-21-20-16(27-17)19-15(23)14(6-2)22(28(4,24)25)12-8-7-11(3)13(18)10-12/h5,7-8,10,14H,1,6,9H2,2-4H3,(H,19,20,23). The van der Waals surface area contributed by atoms with Crippen LogP contribution in [-0.2, 0) is 14.8 Å². The van der Waals surface area contributed by atoms with Crippen LogP contribution in [0.25, 0.3) is 0 Å². The van der Waals surface area contributed by atoms with Gasteiger partial charge in [-0.1, -0.05) is 53.8 Å². The number of halogens is 1. The van der Waals surface area contributed by atoms with Gasteiger partial charge in [0.25, 0.3) is 0 Å². The summed E-state index contributed by atoms with van der Waals surface area (Å²) in [6.45, 7) is 7.20. The Bertz CT molecular complexity index is 962. The summed E-state index contributed by atoms with van der Waals surface area (Å²) in [6.07, 6.45) is 3.07. The van der Waals surface area contributed by atoms with E-state index in [1.807, 2.05) is 6.92 Å². The van der Waals surface area contributed by atoms with Gasteiger partial charge in [0.05, 0.1) is 11.9 Å². The Hall–Kier alpha value is -1.62. The molecule has 2 aromatic rings. The maximum atomic E-state index is 12.8. The van der Waals surface area contributed by atoms with Crippen molar-refractivity contribution in [1.29, 1.82) is 0 Å². The smallest absolute Gasteiger partial charge is 0.250 e. The zero-order valence-corrected chi connectivity index (χ0v) is 18.9. The average molecular weight is 461 g/mol. The van der Waals surface area contributed by atoms with Crippen LogP contribution < -0.4 is 9.62 Å². The Morgan fingerprint density at radius 3 is 2.75 bits per heavy atom. The highest BCUT2D eigenvalue weighted by atomic mass is 35.5. The second kappa shape index (κ2) is 9.73. The lowest BCUT2D eigenvalue weighted by molar-refractivity contribution is -0.117. The Morgan fingerprint density at radius 1 is 1.46 bits per heavy atom. The molecule has 0 aliphatic heterocycles. The van der Waals surface area contributed by atoms with E-state index in [4.69, 9.17) is 11.6 Å². The molecule has 1 aromatic heterocycles. The number of hydrogen-bond acceptors (Lipinski definition) is 7. The largest absolute Gasteiger partial charge is 0.299 e. The third-order valence-electron chi connectivity index (χ3n) is 3.70. The number of nitrogens with zero attached hydrogens (tertiary/aromatic N) is 3. The van der Waals surface area contributed by atoms with E-state index in [1.165, 1.54) is 23.1 Å². The third-order valence-corrected chi connectivity index (χ3v) is 7.26. The van der Waals surface area contributed by atoms with Crippen LogP contribution in [-0.4, -0.2) is 42.6 Å². The first-order valence-electron chi connectivity index (χ1n) is 8.31. The molecular weight excluding hydrogens is 440 g/mol. The lowest BCUT2D eigenvalue weighted by Gasteiger charge is -2.30. The van der Waals surface area contributed by atoms with Gasteiger partial charge in [-0.15, -0.1) is 16.8 Å². The topological polar surface area (TPSA) is 92.3 Å². The summed E-state index contributed by atoms with van der Waals surface area (Å²) in [5, 5.41) is 11.3. The molecule has 11 heteroatoms. The second-order valence-electron chi connectivity index (χ2n) is 5.88. The maximum Gasteiger partial charge on any atom is 0.250 e. The fourth-order valence-electron chi connectivity index (χ4n) is 2.42. The Kier molecular flexibility index (Phi) is 7.87. The minimum atomic E-state index is -3.74. The van der Waals surface area contributed by atoms with Crippen molar-refractivity contribution in [3.8, 4) is 0 Å². The maximum absolute atomic E-state index is 12.8. The number of carbonyl (C=O) groups is 1. The molecule has 28 heavy (non-hydrogen) atoms. The van der Waals surface area contributed by atoms with E-state index in [1.54, 1.807) is 31.2 Å². The molecule has 1 amide bonds. The number of nitrogens with one attached hydrogen (secondary N) is 1. The molecular formula is C17H21ClN4O3S3. The van der Waals surface area contributed by atoms with Crippen molar-refractivity contribution in [2.45, 2.75) is 30.6 Å². The van der Waals surface area contributed by atoms with E-state index in [0.717, 1.165) is 16.1 Å². The van der Waals surface area contributed by atoms with Crippen molar-refractivity contribution in [3.63, 3.8) is 0 Å². The van der Waals surface area contributed by atoms with Gasteiger partial charge in [-0.25, -0.2) is 8.42 Å². The van der Waals surface area contributed by atoms with Crippen molar-refractivity contribution in [2.75, 3.05) is 21.6 Å². The molecule has 1 aromatic carbocycles. The molecule has 152 valence electrons. The Labute approximate surface area is 178 Å². The molecule has 1 unspecified atom stereocenters. The highest BCUT2D eigenvalue weighted by Gasteiger charge is 2.32. The zero-order valence-electron chi connectivity index (χ0n) is 15.7. The molecule has 0 saturated carbocycles. The molecule has 0 saturated heterocycles. The minimum Gasteiger partial charge on any atom is -0.299 e. The van der Waals surface area contributed by atoms with Crippen molar-refractivity contribution in [2.24, 2.45) is 0 Å². The third kappa shape index (κ3) is 5.69.